The monoisotopic (exact) mass is 260 g/mol. The van der Waals surface area contributed by atoms with Crippen LogP contribution in [0.3, 0.4) is 0 Å². The third-order valence-corrected chi connectivity index (χ3v) is 3.68. The maximum absolute atomic E-state index is 11.7. The normalized spacial score (nSPS) is 11.4. The van der Waals surface area contributed by atoms with E-state index in [1.54, 1.807) is 26.0 Å². The number of thiophene rings is 1. The molecule has 1 rings (SSSR count). The van der Waals surface area contributed by atoms with Gasteiger partial charge in [-0.2, -0.15) is 0 Å². The molecule has 3 nitrogen and oxygen atoms in total. The van der Waals surface area contributed by atoms with E-state index in [1.807, 2.05) is 0 Å². The van der Waals surface area contributed by atoms with Crippen LogP contribution in [-0.4, -0.2) is 16.9 Å². The summed E-state index contributed by atoms with van der Waals surface area (Å²) in [6, 6.07) is 3.34. The first-order chi connectivity index (χ1) is 7.33. The molecule has 16 heavy (non-hydrogen) atoms. The third kappa shape index (κ3) is 3.32. The van der Waals surface area contributed by atoms with Crippen molar-refractivity contribution in [2.75, 3.05) is 0 Å². The van der Waals surface area contributed by atoms with Gasteiger partial charge in [-0.15, -0.1) is 11.3 Å². The Hall–Kier alpha value is -0.870. The minimum absolute atomic E-state index is 0.0498. The summed E-state index contributed by atoms with van der Waals surface area (Å²) in [5.74, 6) is -0.935. The molecule has 0 bridgehead atoms. The molecule has 0 spiro atoms. The second-order valence-electron chi connectivity index (χ2n) is 4.22. The van der Waals surface area contributed by atoms with Crippen LogP contribution in [0.2, 0.25) is 4.34 Å². The molecule has 0 aliphatic carbocycles. The molecule has 0 radical (unpaired) electrons. The second kappa shape index (κ2) is 4.97. The highest BCUT2D eigenvalue weighted by molar-refractivity contribution is 7.18. The molecule has 88 valence electrons. The van der Waals surface area contributed by atoms with Crippen LogP contribution in [0.1, 0.15) is 36.4 Å². The highest BCUT2D eigenvalue weighted by Crippen LogP contribution is 2.27. The highest BCUT2D eigenvalue weighted by Gasteiger charge is 2.27. The highest BCUT2D eigenvalue weighted by atomic mass is 35.5. The predicted octanol–water partition coefficient (Wildman–Crippen LogP) is 3.48. The molecule has 0 atom stereocenters. The Morgan fingerprint density at radius 1 is 1.44 bits per heavy atom. The molecule has 5 heteroatoms. The van der Waals surface area contributed by atoms with Crippen molar-refractivity contribution in [3.05, 3.63) is 21.3 Å². The van der Waals surface area contributed by atoms with Gasteiger partial charge in [0.05, 0.1) is 14.6 Å². The predicted molar refractivity (Wildman–Crippen MR) is 64.3 cm³/mol. The zero-order valence-electron chi connectivity index (χ0n) is 9.12. The number of carboxylic acid groups (broad SMARTS) is 1. The van der Waals surface area contributed by atoms with Crippen molar-refractivity contribution in [1.29, 1.82) is 0 Å². The molecule has 0 saturated heterocycles. The summed E-state index contributed by atoms with van der Waals surface area (Å²) < 4.78 is 0.570. The number of carbonyl (C=O) groups is 2. The lowest BCUT2D eigenvalue weighted by Crippen LogP contribution is -2.24. The van der Waals surface area contributed by atoms with Gasteiger partial charge < -0.3 is 5.11 Å². The molecular formula is C11H13ClO3S. The molecule has 0 amide bonds. The van der Waals surface area contributed by atoms with Crippen LogP contribution < -0.4 is 0 Å². The van der Waals surface area contributed by atoms with Crippen LogP contribution in [0.5, 0.6) is 0 Å². The summed E-state index contributed by atoms with van der Waals surface area (Å²) in [5.41, 5.74) is -0.864. The Bertz CT molecular complexity index is 409. The molecule has 1 N–H and O–H groups in total. The van der Waals surface area contributed by atoms with Gasteiger partial charge in [-0.1, -0.05) is 11.6 Å². The molecule has 0 aliphatic rings. The Labute approximate surface area is 103 Å². The number of carbonyl (C=O) groups excluding carboxylic acids is 1. The van der Waals surface area contributed by atoms with E-state index in [0.717, 1.165) is 0 Å². The van der Waals surface area contributed by atoms with E-state index < -0.39 is 11.4 Å². The second-order valence-corrected chi connectivity index (χ2v) is 5.93. The van der Waals surface area contributed by atoms with Gasteiger partial charge in [-0.05, 0) is 32.4 Å². The van der Waals surface area contributed by atoms with Crippen LogP contribution in [-0.2, 0) is 4.79 Å². The summed E-state index contributed by atoms with van der Waals surface area (Å²) in [7, 11) is 0. The summed E-state index contributed by atoms with van der Waals surface area (Å²) in [6.45, 7) is 3.23. The van der Waals surface area contributed by atoms with Crippen molar-refractivity contribution in [1.82, 2.24) is 0 Å². The summed E-state index contributed by atoms with van der Waals surface area (Å²) in [6.07, 6.45) is 0.562. The van der Waals surface area contributed by atoms with Crippen molar-refractivity contribution in [2.24, 2.45) is 5.41 Å². The standard InChI is InChI=1S/C11H13ClO3S/c1-11(2,10(14)15)6-5-7(13)8-3-4-9(12)16-8/h3-4H,5-6H2,1-2H3,(H,14,15). The molecule has 1 aromatic heterocycles. The molecular weight excluding hydrogens is 248 g/mol. The first kappa shape index (κ1) is 13.2. The quantitative estimate of drug-likeness (QED) is 0.825. The topological polar surface area (TPSA) is 54.4 Å². The first-order valence-corrected chi connectivity index (χ1v) is 6.04. The van der Waals surface area contributed by atoms with Crippen LogP contribution in [0.15, 0.2) is 12.1 Å². The van der Waals surface area contributed by atoms with Crippen LogP contribution in [0.25, 0.3) is 0 Å². The van der Waals surface area contributed by atoms with Crippen molar-refractivity contribution in [3.63, 3.8) is 0 Å². The van der Waals surface area contributed by atoms with Crippen molar-refractivity contribution in [3.8, 4) is 0 Å². The molecule has 0 aliphatic heterocycles. The summed E-state index contributed by atoms with van der Waals surface area (Å²) >= 11 is 6.94. The molecule has 0 fully saturated rings. The molecule has 1 aromatic rings. The fraction of sp³-hybridized carbons (Fsp3) is 0.455. The fourth-order valence-electron chi connectivity index (χ4n) is 1.12. The Morgan fingerprint density at radius 3 is 2.50 bits per heavy atom. The Kier molecular flexibility index (Phi) is 4.10. The zero-order chi connectivity index (χ0) is 12.3. The van der Waals surface area contributed by atoms with Crippen LogP contribution in [0.4, 0.5) is 0 Å². The lowest BCUT2D eigenvalue weighted by molar-refractivity contribution is -0.147. The Morgan fingerprint density at radius 2 is 2.06 bits per heavy atom. The van der Waals surface area contributed by atoms with Gasteiger partial charge in [0.2, 0.25) is 0 Å². The molecule has 0 aromatic carbocycles. The number of halogens is 1. The number of carboxylic acids is 1. The lowest BCUT2D eigenvalue weighted by atomic mass is 9.87. The van der Waals surface area contributed by atoms with E-state index in [4.69, 9.17) is 16.7 Å². The van der Waals surface area contributed by atoms with Crippen molar-refractivity contribution < 1.29 is 14.7 Å². The van der Waals surface area contributed by atoms with E-state index in [1.165, 1.54) is 11.3 Å². The number of aliphatic carboxylic acids is 1. The van der Waals surface area contributed by atoms with Gasteiger partial charge in [0, 0.05) is 6.42 Å². The molecule has 1 heterocycles. The lowest BCUT2D eigenvalue weighted by Gasteiger charge is -2.17. The van der Waals surface area contributed by atoms with E-state index in [-0.39, 0.29) is 12.2 Å². The van der Waals surface area contributed by atoms with Crippen LogP contribution in [0, 0.1) is 5.41 Å². The fourth-order valence-corrected chi connectivity index (χ4v) is 2.13. The SMILES string of the molecule is CC(C)(CCC(=O)c1ccc(Cl)s1)C(=O)O. The van der Waals surface area contributed by atoms with Gasteiger partial charge >= 0.3 is 5.97 Å². The van der Waals surface area contributed by atoms with Gasteiger partial charge in [0.1, 0.15) is 0 Å². The number of hydrogen-bond acceptors (Lipinski definition) is 3. The zero-order valence-corrected chi connectivity index (χ0v) is 10.7. The molecule has 0 unspecified atom stereocenters. The average molecular weight is 261 g/mol. The summed E-state index contributed by atoms with van der Waals surface area (Å²) in [5, 5.41) is 8.90. The average Bonchev–Trinajstić information content (AvgIpc) is 2.61. The number of hydrogen-bond donors (Lipinski definition) is 1. The van der Waals surface area contributed by atoms with Gasteiger partial charge in [-0.3, -0.25) is 9.59 Å². The minimum atomic E-state index is -0.885. The minimum Gasteiger partial charge on any atom is -0.481 e. The van der Waals surface area contributed by atoms with Gasteiger partial charge in [0.25, 0.3) is 0 Å². The van der Waals surface area contributed by atoms with E-state index in [0.29, 0.717) is 15.6 Å². The van der Waals surface area contributed by atoms with E-state index in [2.05, 4.69) is 0 Å². The summed E-state index contributed by atoms with van der Waals surface area (Å²) in [4.78, 5) is 23.1. The maximum atomic E-state index is 11.7. The Balaban J connectivity index is 2.57. The number of Topliss-reactive ketones (excluding diaryl/α,β-unsaturated/α-hetero) is 1. The number of ketones is 1. The largest absolute Gasteiger partial charge is 0.481 e. The van der Waals surface area contributed by atoms with Crippen molar-refractivity contribution >= 4 is 34.7 Å². The van der Waals surface area contributed by atoms with Crippen molar-refractivity contribution in [2.45, 2.75) is 26.7 Å². The third-order valence-electron chi connectivity index (χ3n) is 2.40. The first-order valence-electron chi connectivity index (χ1n) is 4.85. The number of rotatable bonds is 5. The maximum Gasteiger partial charge on any atom is 0.309 e. The molecule has 0 saturated carbocycles. The van der Waals surface area contributed by atoms with Gasteiger partial charge in [0.15, 0.2) is 5.78 Å². The smallest absolute Gasteiger partial charge is 0.309 e. The van der Waals surface area contributed by atoms with E-state index in [9.17, 15) is 9.59 Å². The van der Waals surface area contributed by atoms with E-state index >= 15 is 0 Å². The van der Waals surface area contributed by atoms with Crippen LogP contribution >= 0.6 is 22.9 Å². The van der Waals surface area contributed by atoms with Gasteiger partial charge in [-0.25, -0.2) is 0 Å².